The van der Waals surface area contributed by atoms with Crippen molar-refractivity contribution in [3.63, 3.8) is 0 Å². The summed E-state index contributed by atoms with van der Waals surface area (Å²) >= 11 is 0. The fourth-order valence-electron chi connectivity index (χ4n) is 2.53. The molecule has 24 heavy (non-hydrogen) atoms. The highest BCUT2D eigenvalue weighted by Gasteiger charge is 2.43. The molecule has 0 saturated heterocycles. The Morgan fingerprint density at radius 1 is 1.21 bits per heavy atom. The quantitative estimate of drug-likeness (QED) is 0.440. The first-order chi connectivity index (χ1) is 11.3. The second-order valence-corrected chi connectivity index (χ2v) is 4.94. The number of alkyl halides is 3. The maximum absolute atomic E-state index is 12.7. The molecule has 0 bridgehead atoms. The lowest BCUT2D eigenvalue weighted by Gasteiger charge is -2.12. The van der Waals surface area contributed by atoms with Gasteiger partial charge >= 0.3 is 11.8 Å². The van der Waals surface area contributed by atoms with Crippen molar-refractivity contribution in [2.24, 2.45) is 0 Å². The number of ketones is 1. The fourth-order valence-corrected chi connectivity index (χ4v) is 2.53. The molecule has 0 atom stereocenters. The molecule has 8 heteroatoms. The van der Waals surface area contributed by atoms with Gasteiger partial charge < -0.3 is 14.3 Å². The van der Waals surface area contributed by atoms with Gasteiger partial charge in [-0.3, -0.25) is 4.79 Å². The molecule has 0 radical (unpaired) electrons. The molecule has 0 aliphatic heterocycles. The molecular formula is C16H9F3O5. The predicted octanol–water partition coefficient (Wildman–Crippen LogP) is 3.41. The minimum absolute atomic E-state index is 0.168. The van der Waals surface area contributed by atoms with Crippen LogP contribution in [0.15, 0.2) is 39.5 Å². The molecule has 0 amide bonds. The number of rotatable bonds is 2. The van der Waals surface area contributed by atoms with Crippen molar-refractivity contribution in [1.29, 1.82) is 0 Å². The molecule has 0 aliphatic rings. The highest BCUT2D eigenvalue weighted by molar-refractivity contribution is 6.15. The van der Waals surface area contributed by atoms with Gasteiger partial charge in [0.2, 0.25) is 0 Å². The lowest BCUT2D eigenvalue weighted by Crippen LogP contribution is -2.28. The first-order valence-corrected chi connectivity index (χ1v) is 6.62. The van der Waals surface area contributed by atoms with Gasteiger partial charge in [0.1, 0.15) is 17.1 Å². The van der Waals surface area contributed by atoms with E-state index in [4.69, 9.17) is 9.15 Å². The van der Waals surface area contributed by atoms with Crippen LogP contribution in [0, 0.1) is 0 Å². The van der Waals surface area contributed by atoms with Gasteiger partial charge in [-0.25, -0.2) is 4.79 Å². The average molecular weight is 338 g/mol. The van der Waals surface area contributed by atoms with Crippen molar-refractivity contribution >= 4 is 27.5 Å². The third-order valence-corrected chi connectivity index (χ3v) is 3.56. The minimum Gasteiger partial charge on any atom is -0.506 e. The van der Waals surface area contributed by atoms with Gasteiger partial charge in [0.25, 0.3) is 5.78 Å². The first kappa shape index (κ1) is 15.9. The van der Waals surface area contributed by atoms with Crippen molar-refractivity contribution < 1.29 is 32.2 Å². The van der Waals surface area contributed by atoms with Crippen molar-refractivity contribution in [2.75, 3.05) is 7.11 Å². The Hall–Kier alpha value is -3.03. The summed E-state index contributed by atoms with van der Waals surface area (Å²) in [5.41, 5.74) is -3.20. The molecule has 1 heterocycles. The van der Waals surface area contributed by atoms with Gasteiger partial charge in [0.05, 0.1) is 12.5 Å². The SMILES string of the molecule is COc1cc2oc(=O)c(C(=O)C(F)(F)F)c(O)c2c2ccccc12. The molecular weight excluding hydrogens is 329 g/mol. The number of hydrogen-bond acceptors (Lipinski definition) is 5. The lowest BCUT2D eigenvalue weighted by molar-refractivity contribution is -0.0888. The Labute approximate surface area is 131 Å². The Morgan fingerprint density at radius 3 is 2.42 bits per heavy atom. The van der Waals surface area contributed by atoms with E-state index < -0.39 is 28.9 Å². The molecule has 1 N–H and O–H groups in total. The van der Waals surface area contributed by atoms with Crippen molar-refractivity contribution in [1.82, 2.24) is 0 Å². The number of hydrogen-bond donors (Lipinski definition) is 1. The largest absolute Gasteiger partial charge is 0.506 e. The topological polar surface area (TPSA) is 76.7 Å². The molecule has 3 aromatic rings. The monoisotopic (exact) mass is 338 g/mol. The number of carbonyl (C=O) groups is 1. The Bertz CT molecular complexity index is 1030. The summed E-state index contributed by atoms with van der Waals surface area (Å²) in [6, 6.07) is 7.62. The zero-order valence-electron chi connectivity index (χ0n) is 12.1. The van der Waals surface area contributed by atoms with Gasteiger partial charge in [-0.2, -0.15) is 13.2 Å². The number of fused-ring (bicyclic) bond motifs is 3. The summed E-state index contributed by atoms with van der Waals surface area (Å²) in [5.74, 6) is -3.23. The van der Waals surface area contributed by atoms with Gasteiger partial charge in [-0.1, -0.05) is 24.3 Å². The number of ether oxygens (including phenoxy) is 1. The first-order valence-electron chi connectivity index (χ1n) is 6.62. The van der Waals surface area contributed by atoms with Crippen LogP contribution < -0.4 is 10.4 Å². The maximum atomic E-state index is 12.7. The highest BCUT2D eigenvalue weighted by atomic mass is 19.4. The van der Waals surface area contributed by atoms with Gasteiger partial charge in [-0.05, 0) is 0 Å². The van der Waals surface area contributed by atoms with E-state index in [-0.39, 0.29) is 16.4 Å². The highest BCUT2D eigenvalue weighted by Crippen LogP contribution is 2.39. The van der Waals surface area contributed by atoms with E-state index in [9.17, 15) is 27.9 Å². The van der Waals surface area contributed by atoms with Crippen LogP contribution in [-0.2, 0) is 0 Å². The smallest absolute Gasteiger partial charge is 0.455 e. The van der Waals surface area contributed by atoms with Crippen LogP contribution >= 0.6 is 0 Å². The second kappa shape index (κ2) is 5.26. The summed E-state index contributed by atoms with van der Waals surface area (Å²) in [5, 5.41) is 10.8. The molecule has 0 fully saturated rings. The van der Waals surface area contributed by atoms with E-state index >= 15 is 0 Å². The fraction of sp³-hybridized carbons (Fsp3) is 0.125. The van der Waals surface area contributed by atoms with Crippen LogP contribution in [0.3, 0.4) is 0 Å². The van der Waals surface area contributed by atoms with E-state index in [1.807, 2.05) is 0 Å². The summed E-state index contributed by atoms with van der Waals surface area (Å²) in [4.78, 5) is 23.2. The normalized spacial score (nSPS) is 11.8. The van der Waals surface area contributed by atoms with Crippen molar-refractivity contribution in [3.05, 3.63) is 46.3 Å². The standard InChI is InChI=1S/C16H9F3O5/c1-23-9-6-10-11(8-5-3-2-4-7(8)9)13(20)12(15(22)24-10)14(21)16(17,18)19/h2-6,20H,1H3. The third kappa shape index (κ3) is 2.27. The predicted molar refractivity (Wildman–Crippen MR) is 78.6 cm³/mol. The number of carbonyl (C=O) groups excluding carboxylic acids is 1. The zero-order chi connectivity index (χ0) is 17.6. The molecule has 2 aromatic carbocycles. The lowest BCUT2D eigenvalue weighted by atomic mass is 10.0. The van der Waals surface area contributed by atoms with E-state index in [1.54, 1.807) is 18.2 Å². The van der Waals surface area contributed by atoms with Crippen molar-refractivity contribution in [2.45, 2.75) is 6.18 Å². The average Bonchev–Trinajstić information content (AvgIpc) is 2.52. The number of benzene rings is 2. The Balaban J connectivity index is 2.51. The Kier molecular flexibility index (Phi) is 3.47. The van der Waals surface area contributed by atoms with E-state index in [2.05, 4.69) is 0 Å². The summed E-state index contributed by atoms with van der Waals surface area (Å²) in [7, 11) is 1.37. The Morgan fingerprint density at radius 2 is 1.83 bits per heavy atom. The van der Waals surface area contributed by atoms with E-state index in [0.717, 1.165) is 0 Å². The van der Waals surface area contributed by atoms with Crippen LogP contribution in [0.2, 0.25) is 0 Å². The van der Waals surface area contributed by atoms with Crippen LogP contribution in [0.1, 0.15) is 10.4 Å². The van der Waals surface area contributed by atoms with E-state index in [1.165, 1.54) is 19.2 Å². The summed E-state index contributed by atoms with van der Waals surface area (Å²) < 4.78 is 48.0. The van der Waals surface area contributed by atoms with Gasteiger partial charge in [0, 0.05) is 16.8 Å². The summed E-state index contributed by atoms with van der Waals surface area (Å²) in [6.45, 7) is 0. The molecule has 0 saturated carbocycles. The van der Waals surface area contributed by atoms with Crippen LogP contribution in [0.25, 0.3) is 21.7 Å². The zero-order valence-corrected chi connectivity index (χ0v) is 12.1. The van der Waals surface area contributed by atoms with Crippen LogP contribution in [0.5, 0.6) is 11.5 Å². The molecule has 3 rings (SSSR count). The van der Waals surface area contributed by atoms with Crippen LogP contribution in [0.4, 0.5) is 13.2 Å². The summed E-state index contributed by atoms with van der Waals surface area (Å²) in [6.07, 6.45) is -5.32. The third-order valence-electron chi connectivity index (χ3n) is 3.56. The molecule has 0 spiro atoms. The number of aromatic hydroxyl groups is 1. The molecule has 0 unspecified atom stereocenters. The number of methoxy groups -OCH3 is 1. The van der Waals surface area contributed by atoms with Gasteiger partial charge in [0.15, 0.2) is 5.56 Å². The van der Waals surface area contributed by atoms with Gasteiger partial charge in [-0.15, -0.1) is 0 Å². The molecule has 0 aliphatic carbocycles. The molecule has 1 aromatic heterocycles. The minimum atomic E-state index is -5.32. The van der Waals surface area contributed by atoms with Crippen molar-refractivity contribution in [3.8, 4) is 11.5 Å². The number of halogens is 3. The number of Topliss-reactive ketones (excluding diaryl/α,β-unsaturated/α-hetero) is 1. The maximum Gasteiger partial charge on any atom is 0.455 e. The second-order valence-electron chi connectivity index (χ2n) is 4.94. The molecule has 124 valence electrons. The van der Waals surface area contributed by atoms with Crippen LogP contribution in [-0.4, -0.2) is 24.2 Å². The van der Waals surface area contributed by atoms with E-state index in [0.29, 0.717) is 11.1 Å². The molecule has 5 nitrogen and oxygen atoms in total.